The van der Waals surface area contributed by atoms with Crippen LogP contribution < -0.4 is 5.73 Å². The highest BCUT2D eigenvalue weighted by molar-refractivity contribution is 4.80. The highest BCUT2D eigenvalue weighted by Crippen LogP contribution is 2.23. The Morgan fingerprint density at radius 1 is 1.06 bits per heavy atom. The van der Waals surface area contributed by atoms with E-state index in [4.69, 9.17) is 5.73 Å². The quantitative estimate of drug-likeness (QED) is 0.737. The zero-order chi connectivity index (χ0) is 12.7. The molecule has 1 saturated carbocycles. The summed E-state index contributed by atoms with van der Waals surface area (Å²) in [5.74, 6) is 0.734. The first-order valence-electron chi connectivity index (χ1n) is 7.26. The molecule has 0 aromatic heterocycles. The molecule has 0 aromatic carbocycles. The molecule has 3 nitrogen and oxygen atoms in total. The maximum atomic E-state index is 6.24. The molecule has 1 fully saturated rings. The van der Waals surface area contributed by atoms with Gasteiger partial charge >= 0.3 is 0 Å². The molecule has 2 atom stereocenters. The summed E-state index contributed by atoms with van der Waals surface area (Å²) in [7, 11) is 4.30. The Labute approximate surface area is 107 Å². The molecule has 0 aliphatic heterocycles. The lowest BCUT2D eigenvalue weighted by molar-refractivity contribution is 0.172. The summed E-state index contributed by atoms with van der Waals surface area (Å²) >= 11 is 0. The molecule has 0 saturated heterocycles. The van der Waals surface area contributed by atoms with Crippen molar-refractivity contribution >= 4 is 0 Å². The van der Waals surface area contributed by atoms with Crippen molar-refractivity contribution in [1.29, 1.82) is 0 Å². The molecule has 1 aliphatic carbocycles. The van der Waals surface area contributed by atoms with Gasteiger partial charge in [0, 0.05) is 25.7 Å². The van der Waals surface area contributed by atoms with Crippen LogP contribution in [0.25, 0.3) is 0 Å². The van der Waals surface area contributed by atoms with E-state index in [1.807, 2.05) is 0 Å². The van der Waals surface area contributed by atoms with Crippen LogP contribution in [0.2, 0.25) is 0 Å². The molecule has 0 radical (unpaired) electrons. The fourth-order valence-electron chi connectivity index (χ4n) is 2.75. The van der Waals surface area contributed by atoms with Gasteiger partial charge in [-0.05, 0) is 45.8 Å². The molecule has 0 bridgehead atoms. The molecule has 0 heterocycles. The number of likely N-dealkylation sites (N-methyl/N-ethyl adjacent to an activating group) is 1. The Morgan fingerprint density at radius 3 is 2.35 bits per heavy atom. The topological polar surface area (TPSA) is 32.5 Å². The van der Waals surface area contributed by atoms with Crippen molar-refractivity contribution < 1.29 is 0 Å². The first kappa shape index (κ1) is 14.9. The summed E-state index contributed by atoms with van der Waals surface area (Å²) < 4.78 is 0. The molecule has 3 heteroatoms. The van der Waals surface area contributed by atoms with Crippen molar-refractivity contribution in [2.45, 2.75) is 45.1 Å². The summed E-state index contributed by atoms with van der Waals surface area (Å²) in [6.07, 6.45) is 6.53. The van der Waals surface area contributed by atoms with Crippen LogP contribution in [0.5, 0.6) is 0 Å². The van der Waals surface area contributed by atoms with Gasteiger partial charge in [0.2, 0.25) is 0 Å². The smallest absolute Gasteiger partial charge is 0.0109 e. The first-order valence-corrected chi connectivity index (χ1v) is 7.26. The third kappa shape index (κ3) is 5.84. The maximum absolute atomic E-state index is 6.24. The molecular weight excluding hydrogens is 210 g/mol. The molecule has 0 amide bonds. The molecule has 102 valence electrons. The van der Waals surface area contributed by atoms with Gasteiger partial charge in [0.25, 0.3) is 0 Å². The lowest BCUT2D eigenvalue weighted by atomic mass is 9.84. The average Bonchev–Trinajstić information content (AvgIpc) is 2.29. The predicted octanol–water partition coefficient (Wildman–Crippen LogP) is 1.78. The molecule has 1 aliphatic rings. The van der Waals surface area contributed by atoms with E-state index in [1.54, 1.807) is 0 Å². The minimum Gasteiger partial charge on any atom is -0.327 e. The lowest BCUT2D eigenvalue weighted by Crippen LogP contribution is -2.43. The van der Waals surface area contributed by atoms with Gasteiger partial charge in [0.15, 0.2) is 0 Å². The second-order valence-electron chi connectivity index (χ2n) is 5.81. The zero-order valence-electron chi connectivity index (χ0n) is 12.0. The number of hydrogen-bond acceptors (Lipinski definition) is 3. The molecule has 0 spiro atoms. The van der Waals surface area contributed by atoms with Gasteiger partial charge in [-0.3, -0.25) is 0 Å². The molecule has 2 N–H and O–H groups in total. The SMILES string of the molecule is CCCN(CCN(C)C)CC1CCCCC1N. The van der Waals surface area contributed by atoms with Gasteiger partial charge in [0.1, 0.15) is 0 Å². The van der Waals surface area contributed by atoms with Crippen molar-refractivity contribution in [3.8, 4) is 0 Å². The Bertz CT molecular complexity index is 194. The Balaban J connectivity index is 2.35. The van der Waals surface area contributed by atoms with Gasteiger partial charge in [-0.15, -0.1) is 0 Å². The van der Waals surface area contributed by atoms with Crippen LogP contribution in [-0.4, -0.2) is 56.1 Å². The Hall–Kier alpha value is -0.120. The first-order chi connectivity index (χ1) is 8.13. The van der Waals surface area contributed by atoms with Crippen LogP contribution in [0.4, 0.5) is 0 Å². The van der Waals surface area contributed by atoms with Crippen molar-refractivity contribution in [2.75, 3.05) is 40.3 Å². The summed E-state index contributed by atoms with van der Waals surface area (Å²) in [6, 6.07) is 0.447. The molecule has 0 aromatic rings. The molecule has 1 rings (SSSR count). The fourth-order valence-corrected chi connectivity index (χ4v) is 2.75. The van der Waals surface area contributed by atoms with Crippen LogP contribution in [0, 0.1) is 5.92 Å². The van der Waals surface area contributed by atoms with Crippen molar-refractivity contribution in [3.63, 3.8) is 0 Å². The van der Waals surface area contributed by atoms with Gasteiger partial charge < -0.3 is 15.5 Å². The van der Waals surface area contributed by atoms with E-state index in [2.05, 4.69) is 30.8 Å². The third-order valence-corrected chi connectivity index (χ3v) is 3.86. The number of nitrogens with two attached hydrogens (primary N) is 1. The van der Waals surface area contributed by atoms with Crippen LogP contribution in [0.1, 0.15) is 39.0 Å². The molecule has 17 heavy (non-hydrogen) atoms. The standard InChI is InChI=1S/C14H31N3/c1-4-9-17(11-10-16(2)3)12-13-7-5-6-8-14(13)15/h13-14H,4-12,15H2,1-3H3. The van der Waals surface area contributed by atoms with Gasteiger partial charge in [-0.2, -0.15) is 0 Å². The molecular formula is C14H31N3. The summed E-state index contributed by atoms with van der Waals surface area (Å²) in [5, 5.41) is 0. The monoisotopic (exact) mass is 241 g/mol. The van der Waals surface area contributed by atoms with E-state index in [0.717, 1.165) is 12.5 Å². The van der Waals surface area contributed by atoms with Crippen LogP contribution in [0.3, 0.4) is 0 Å². The minimum atomic E-state index is 0.447. The van der Waals surface area contributed by atoms with E-state index in [1.165, 1.54) is 51.7 Å². The van der Waals surface area contributed by atoms with E-state index < -0.39 is 0 Å². The summed E-state index contributed by atoms with van der Waals surface area (Å²) in [5.41, 5.74) is 6.24. The van der Waals surface area contributed by atoms with Crippen molar-refractivity contribution in [2.24, 2.45) is 11.7 Å². The van der Waals surface area contributed by atoms with Gasteiger partial charge in [-0.25, -0.2) is 0 Å². The van der Waals surface area contributed by atoms with Crippen LogP contribution in [0.15, 0.2) is 0 Å². The van der Waals surface area contributed by atoms with E-state index in [9.17, 15) is 0 Å². The predicted molar refractivity (Wildman–Crippen MR) is 75.2 cm³/mol. The number of nitrogens with zero attached hydrogens (tertiary/aromatic N) is 2. The normalized spacial score (nSPS) is 25.8. The van der Waals surface area contributed by atoms with Gasteiger partial charge in [-0.1, -0.05) is 19.8 Å². The minimum absolute atomic E-state index is 0.447. The fraction of sp³-hybridized carbons (Fsp3) is 1.00. The van der Waals surface area contributed by atoms with Crippen molar-refractivity contribution in [3.05, 3.63) is 0 Å². The summed E-state index contributed by atoms with van der Waals surface area (Å²) in [6.45, 7) is 7.04. The second kappa shape index (κ2) is 8.06. The second-order valence-corrected chi connectivity index (χ2v) is 5.81. The zero-order valence-corrected chi connectivity index (χ0v) is 12.0. The van der Waals surface area contributed by atoms with E-state index in [-0.39, 0.29) is 0 Å². The maximum Gasteiger partial charge on any atom is 0.0109 e. The Morgan fingerprint density at radius 2 is 1.76 bits per heavy atom. The molecule has 2 unspecified atom stereocenters. The highest BCUT2D eigenvalue weighted by atomic mass is 15.2. The third-order valence-electron chi connectivity index (χ3n) is 3.86. The van der Waals surface area contributed by atoms with E-state index >= 15 is 0 Å². The van der Waals surface area contributed by atoms with Crippen LogP contribution in [-0.2, 0) is 0 Å². The highest BCUT2D eigenvalue weighted by Gasteiger charge is 2.23. The van der Waals surface area contributed by atoms with Crippen molar-refractivity contribution in [1.82, 2.24) is 9.80 Å². The average molecular weight is 241 g/mol. The Kier molecular flexibility index (Phi) is 7.09. The van der Waals surface area contributed by atoms with Gasteiger partial charge in [0.05, 0.1) is 0 Å². The number of rotatable bonds is 7. The summed E-state index contributed by atoms with van der Waals surface area (Å²) in [4.78, 5) is 4.87. The lowest BCUT2D eigenvalue weighted by Gasteiger charge is -2.34. The van der Waals surface area contributed by atoms with Crippen LogP contribution >= 0.6 is 0 Å². The largest absolute Gasteiger partial charge is 0.327 e. The van der Waals surface area contributed by atoms with E-state index in [0.29, 0.717) is 6.04 Å². The number of hydrogen-bond donors (Lipinski definition) is 1.